The highest BCUT2D eigenvalue weighted by Crippen LogP contribution is 2.16. The minimum Gasteiger partial charge on any atom is -0.387 e. The van der Waals surface area contributed by atoms with Crippen molar-refractivity contribution in [3.8, 4) is 0 Å². The molecule has 45 heavy (non-hydrogen) atoms. The number of aliphatic hydroxyl groups excluding tert-OH is 1. The average molecular weight is 658 g/mol. The molecule has 0 aromatic carbocycles. The standard InChI is InChI=1S/C37H71NO6S/c1-4-6-8-10-12-14-16-18-19-21-23-25-27-29-31-33-37(40)38(3)35(34-44-45(41,42)43)36(39)32-30-28-26-24-22-20-17-15-13-11-9-7-5-2/h22,24,30,32,35-36,39H,4-21,23,25-29,31,33-34H2,1-3H3,(H,41,42,43)/b24-22+,32-30+/t35-,36+/m0/s1. The van der Waals surface area contributed by atoms with Gasteiger partial charge in [-0.15, -0.1) is 0 Å². The molecule has 0 rings (SSSR count). The van der Waals surface area contributed by atoms with Gasteiger partial charge in [0.25, 0.3) is 0 Å². The Kier molecular flexibility index (Phi) is 30.5. The Balaban J connectivity index is 4.24. The lowest BCUT2D eigenvalue weighted by Crippen LogP contribution is -2.47. The second-order valence-corrected chi connectivity index (χ2v) is 14.0. The molecule has 2 atom stereocenters. The zero-order valence-electron chi connectivity index (χ0n) is 29.4. The summed E-state index contributed by atoms with van der Waals surface area (Å²) in [6, 6.07) is -0.917. The summed E-state index contributed by atoms with van der Waals surface area (Å²) in [7, 11) is -3.14. The number of amides is 1. The number of hydrogen-bond donors (Lipinski definition) is 2. The van der Waals surface area contributed by atoms with Crippen molar-refractivity contribution >= 4 is 16.3 Å². The van der Waals surface area contributed by atoms with E-state index in [0.717, 1.165) is 38.5 Å². The number of likely N-dealkylation sites (N-methyl/N-ethyl adjacent to an activating group) is 1. The SMILES string of the molecule is CCCCCCCCC/C=C/CC/C=C/[C@@H](O)[C@H](COS(=O)(=O)O)N(C)C(=O)CCCCCCCCCCCCCCCCC. The number of aliphatic hydroxyl groups is 1. The Morgan fingerprint density at radius 1 is 0.644 bits per heavy atom. The van der Waals surface area contributed by atoms with Gasteiger partial charge in [0.2, 0.25) is 5.91 Å². The fraction of sp³-hybridized carbons (Fsp3) is 0.865. The molecule has 7 nitrogen and oxygen atoms in total. The second-order valence-electron chi connectivity index (χ2n) is 12.9. The summed E-state index contributed by atoms with van der Waals surface area (Å²) in [6.07, 6.45) is 37.5. The van der Waals surface area contributed by atoms with Gasteiger partial charge in [-0.3, -0.25) is 9.35 Å². The van der Waals surface area contributed by atoms with Gasteiger partial charge in [-0.2, -0.15) is 8.42 Å². The fourth-order valence-corrected chi connectivity index (χ4v) is 5.93. The molecule has 0 unspecified atom stereocenters. The van der Waals surface area contributed by atoms with E-state index in [4.69, 9.17) is 4.55 Å². The summed E-state index contributed by atoms with van der Waals surface area (Å²) in [6.45, 7) is 3.98. The van der Waals surface area contributed by atoms with Gasteiger partial charge in [0.05, 0.1) is 18.8 Å². The molecule has 0 fully saturated rings. The normalized spacial score (nSPS) is 13.6. The van der Waals surface area contributed by atoms with Crippen LogP contribution < -0.4 is 0 Å². The Morgan fingerprint density at radius 3 is 1.51 bits per heavy atom. The molecule has 0 aromatic rings. The minimum absolute atomic E-state index is 0.172. The first-order valence-electron chi connectivity index (χ1n) is 18.6. The van der Waals surface area contributed by atoms with Crippen LogP contribution in [0, 0.1) is 0 Å². The maximum absolute atomic E-state index is 12.9. The molecule has 0 aliphatic heterocycles. The Hall–Kier alpha value is -1.22. The molecule has 0 saturated heterocycles. The third-order valence-corrected chi connectivity index (χ3v) is 9.08. The highest BCUT2D eigenvalue weighted by Gasteiger charge is 2.27. The summed E-state index contributed by atoms with van der Waals surface area (Å²) >= 11 is 0. The van der Waals surface area contributed by atoms with Gasteiger partial charge in [0.1, 0.15) is 0 Å². The molecular formula is C37H71NO6S. The van der Waals surface area contributed by atoms with Gasteiger partial charge in [0.15, 0.2) is 0 Å². The van der Waals surface area contributed by atoms with Crippen LogP contribution in [0.1, 0.15) is 181 Å². The topological polar surface area (TPSA) is 104 Å². The van der Waals surface area contributed by atoms with Crippen molar-refractivity contribution in [2.24, 2.45) is 0 Å². The number of rotatable bonds is 33. The van der Waals surface area contributed by atoms with Crippen LogP contribution in [0.4, 0.5) is 0 Å². The quantitative estimate of drug-likeness (QED) is 0.0413. The lowest BCUT2D eigenvalue weighted by molar-refractivity contribution is -0.134. The van der Waals surface area contributed by atoms with Crippen LogP contribution in [0.3, 0.4) is 0 Å². The van der Waals surface area contributed by atoms with E-state index in [1.54, 1.807) is 13.1 Å². The van der Waals surface area contributed by atoms with Crippen LogP contribution in [0.5, 0.6) is 0 Å². The van der Waals surface area contributed by atoms with Crippen molar-refractivity contribution in [2.75, 3.05) is 13.7 Å². The third-order valence-electron chi connectivity index (χ3n) is 8.64. The van der Waals surface area contributed by atoms with Crippen molar-refractivity contribution in [3.05, 3.63) is 24.3 Å². The van der Waals surface area contributed by atoms with Crippen molar-refractivity contribution < 1.29 is 27.1 Å². The molecule has 2 N–H and O–H groups in total. The first-order valence-corrected chi connectivity index (χ1v) is 20.0. The van der Waals surface area contributed by atoms with Gasteiger partial charge in [-0.25, -0.2) is 4.18 Å². The van der Waals surface area contributed by atoms with Crippen LogP contribution in [0.25, 0.3) is 0 Å². The first-order chi connectivity index (χ1) is 21.7. The highest BCUT2D eigenvalue weighted by atomic mass is 32.3. The van der Waals surface area contributed by atoms with Crippen LogP contribution in [0.2, 0.25) is 0 Å². The van der Waals surface area contributed by atoms with Gasteiger partial charge in [-0.1, -0.05) is 167 Å². The maximum atomic E-state index is 12.9. The average Bonchev–Trinajstić information content (AvgIpc) is 3.00. The summed E-state index contributed by atoms with van der Waals surface area (Å²) in [4.78, 5) is 14.2. The molecule has 0 bridgehead atoms. The highest BCUT2D eigenvalue weighted by molar-refractivity contribution is 7.80. The van der Waals surface area contributed by atoms with Gasteiger partial charge >= 0.3 is 10.4 Å². The smallest absolute Gasteiger partial charge is 0.387 e. The number of allylic oxidation sites excluding steroid dienone is 3. The molecule has 0 radical (unpaired) electrons. The number of carbonyl (C=O) groups is 1. The third kappa shape index (κ3) is 29.9. The zero-order valence-corrected chi connectivity index (χ0v) is 30.3. The number of unbranched alkanes of at least 4 members (excludes halogenated alkanes) is 22. The molecule has 266 valence electrons. The van der Waals surface area contributed by atoms with Crippen molar-refractivity contribution in [1.29, 1.82) is 0 Å². The number of hydrogen-bond acceptors (Lipinski definition) is 5. The predicted molar refractivity (Wildman–Crippen MR) is 190 cm³/mol. The van der Waals surface area contributed by atoms with E-state index < -0.39 is 29.2 Å². The van der Waals surface area contributed by atoms with Crippen LogP contribution in [-0.4, -0.2) is 54.7 Å². The zero-order chi connectivity index (χ0) is 33.4. The monoisotopic (exact) mass is 658 g/mol. The second kappa shape index (κ2) is 31.4. The largest absolute Gasteiger partial charge is 0.397 e. The van der Waals surface area contributed by atoms with Gasteiger partial charge < -0.3 is 10.0 Å². The maximum Gasteiger partial charge on any atom is 0.397 e. The summed E-state index contributed by atoms with van der Waals surface area (Å²) in [5.41, 5.74) is 0. The van der Waals surface area contributed by atoms with E-state index in [1.165, 1.54) is 127 Å². The molecule has 0 heterocycles. The van der Waals surface area contributed by atoms with Crippen LogP contribution in [-0.2, 0) is 19.4 Å². The van der Waals surface area contributed by atoms with E-state index >= 15 is 0 Å². The van der Waals surface area contributed by atoms with Crippen molar-refractivity contribution in [2.45, 2.75) is 193 Å². The Bertz CT molecular complexity index is 829. The molecule has 0 aliphatic carbocycles. The molecule has 8 heteroatoms. The number of carbonyl (C=O) groups excluding carboxylic acids is 1. The molecule has 0 spiro atoms. The van der Waals surface area contributed by atoms with Crippen LogP contribution in [0.15, 0.2) is 24.3 Å². The summed E-state index contributed by atoms with van der Waals surface area (Å²) in [5.74, 6) is -0.172. The number of nitrogens with zero attached hydrogens (tertiary/aromatic N) is 1. The molecule has 0 saturated carbocycles. The Labute approximate surface area is 278 Å². The van der Waals surface area contributed by atoms with E-state index in [0.29, 0.717) is 6.42 Å². The molecule has 0 aliphatic rings. The molecular weight excluding hydrogens is 586 g/mol. The minimum atomic E-state index is -4.69. The van der Waals surface area contributed by atoms with Crippen LogP contribution >= 0.6 is 0 Å². The van der Waals surface area contributed by atoms with Gasteiger partial charge in [0, 0.05) is 13.5 Å². The lowest BCUT2D eigenvalue weighted by atomic mass is 10.0. The predicted octanol–water partition coefficient (Wildman–Crippen LogP) is 10.3. The van der Waals surface area contributed by atoms with E-state index in [-0.39, 0.29) is 5.91 Å². The molecule has 1 amide bonds. The van der Waals surface area contributed by atoms with Crippen molar-refractivity contribution in [1.82, 2.24) is 4.90 Å². The first kappa shape index (κ1) is 43.8. The van der Waals surface area contributed by atoms with E-state index in [9.17, 15) is 18.3 Å². The van der Waals surface area contributed by atoms with E-state index in [2.05, 4.69) is 30.2 Å². The fourth-order valence-electron chi connectivity index (χ4n) is 5.62. The van der Waals surface area contributed by atoms with Gasteiger partial charge in [-0.05, 0) is 32.1 Å². The summed E-state index contributed by atoms with van der Waals surface area (Å²) < 4.78 is 36.0. The Morgan fingerprint density at radius 2 is 1.04 bits per heavy atom. The van der Waals surface area contributed by atoms with Crippen molar-refractivity contribution in [3.63, 3.8) is 0 Å². The summed E-state index contributed by atoms with van der Waals surface area (Å²) in [5, 5.41) is 10.8. The molecule has 0 aromatic heterocycles. The van der Waals surface area contributed by atoms with E-state index in [1.807, 2.05) is 6.08 Å². The lowest BCUT2D eigenvalue weighted by Gasteiger charge is -2.30.